The highest BCUT2D eigenvalue weighted by Gasteiger charge is 2.45. The molecule has 0 aliphatic rings. The van der Waals surface area contributed by atoms with Crippen LogP contribution in [0.4, 0.5) is 0 Å². The summed E-state index contributed by atoms with van der Waals surface area (Å²) < 4.78 is 0. The van der Waals surface area contributed by atoms with Crippen molar-refractivity contribution in [3.63, 3.8) is 0 Å². The second-order valence-electron chi connectivity index (χ2n) is 4.36. The molecule has 0 bridgehead atoms. The van der Waals surface area contributed by atoms with Crippen molar-refractivity contribution in [2.24, 2.45) is 0 Å². The molecular weight excluding hydrogens is 444 g/mol. The molecule has 0 spiro atoms. The highest BCUT2D eigenvalue weighted by molar-refractivity contribution is 4.83. The van der Waals surface area contributed by atoms with Gasteiger partial charge in [-0.25, -0.2) is 0 Å². The number of rotatable bonds is 17. The van der Waals surface area contributed by atoms with Crippen molar-refractivity contribution < 1.29 is 59.5 Å². The zero-order chi connectivity index (χ0) is 23.4. The summed E-state index contributed by atoms with van der Waals surface area (Å²) >= 11 is 0. The number of hydrogen-bond donors (Lipinski definition) is 0. The lowest BCUT2D eigenvalue weighted by Crippen LogP contribution is -2.54. The maximum atomic E-state index is 10.7. The quantitative estimate of drug-likeness (QED) is 0.165. The molecule has 0 N–H and O–H groups in total. The maximum absolute atomic E-state index is 10.7. The van der Waals surface area contributed by atoms with Crippen LogP contribution in [-0.4, -0.2) is 68.1 Å². The lowest BCUT2D eigenvalue weighted by atomic mass is 10.0. The summed E-state index contributed by atoms with van der Waals surface area (Å²) in [5.41, 5.74) is 0. The Morgan fingerprint density at radius 3 is 0.933 bits per heavy atom. The second kappa shape index (κ2) is 11.8. The lowest BCUT2D eigenvalue weighted by Gasteiger charge is -2.31. The summed E-state index contributed by atoms with van der Waals surface area (Å²) in [6.45, 7) is -3.10. The Labute approximate surface area is 159 Å². The normalized spacial score (nSPS) is 14.0. The van der Waals surface area contributed by atoms with E-state index in [0.29, 0.717) is 0 Å². The van der Waals surface area contributed by atoms with Crippen molar-refractivity contribution in [3.05, 3.63) is 60.7 Å². The molecule has 0 aliphatic heterocycles. The Morgan fingerprint density at radius 2 is 0.733 bits per heavy atom. The standard InChI is InChI=1S/C6H8N6O18/c13-7(14)25-1-3(27-9(17)18)5(29-11(21)22)6(30-12(23)24)4(28-10(19)20)2-26-8(15)16/h3-6H,1-2H2/t3-,4+,5-,6-/m1/s1. The van der Waals surface area contributed by atoms with Crippen LogP contribution in [0.2, 0.25) is 0 Å². The van der Waals surface area contributed by atoms with E-state index >= 15 is 0 Å². The highest BCUT2D eigenvalue weighted by Crippen LogP contribution is 2.20. The van der Waals surface area contributed by atoms with Gasteiger partial charge in [0.25, 0.3) is 30.5 Å². The van der Waals surface area contributed by atoms with Gasteiger partial charge in [-0.05, 0) is 0 Å². The van der Waals surface area contributed by atoms with Crippen LogP contribution in [0.5, 0.6) is 0 Å². The molecule has 0 aliphatic carbocycles. The van der Waals surface area contributed by atoms with Gasteiger partial charge in [-0.3, -0.25) is 0 Å². The fraction of sp³-hybridized carbons (Fsp3) is 1.00. The average Bonchev–Trinajstić information content (AvgIpc) is 2.57. The molecule has 0 radical (unpaired) electrons. The summed E-state index contributed by atoms with van der Waals surface area (Å²) in [4.78, 5) is 86.0. The molecule has 0 unspecified atom stereocenters. The van der Waals surface area contributed by atoms with E-state index in [1.54, 1.807) is 0 Å². The van der Waals surface area contributed by atoms with Crippen molar-refractivity contribution in [3.8, 4) is 0 Å². The van der Waals surface area contributed by atoms with Crippen molar-refractivity contribution >= 4 is 0 Å². The van der Waals surface area contributed by atoms with Crippen molar-refractivity contribution in [1.29, 1.82) is 0 Å². The molecule has 0 aromatic rings. The third kappa shape index (κ3) is 10.4. The Kier molecular flexibility index (Phi) is 9.93. The van der Waals surface area contributed by atoms with E-state index in [0.717, 1.165) is 0 Å². The summed E-state index contributed by atoms with van der Waals surface area (Å²) in [6.07, 6.45) is -10.7. The van der Waals surface area contributed by atoms with Crippen LogP contribution >= 0.6 is 0 Å². The van der Waals surface area contributed by atoms with Gasteiger partial charge in [0.15, 0.2) is 24.4 Å². The Balaban J connectivity index is 6.19. The Morgan fingerprint density at radius 1 is 0.467 bits per heavy atom. The van der Waals surface area contributed by atoms with Crippen LogP contribution in [0.3, 0.4) is 0 Å². The topological polar surface area (TPSA) is 314 Å². The monoisotopic (exact) mass is 452 g/mol. The predicted octanol–water partition coefficient (Wildman–Crippen LogP) is -2.29. The van der Waals surface area contributed by atoms with Crippen molar-refractivity contribution in [2.75, 3.05) is 13.2 Å². The third-order valence-corrected chi connectivity index (χ3v) is 2.60. The summed E-state index contributed by atoms with van der Waals surface area (Å²) in [7, 11) is 0. The molecule has 30 heavy (non-hydrogen) atoms. The first kappa shape index (κ1) is 25.2. The minimum Gasteiger partial charge on any atom is -0.311 e. The van der Waals surface area contributed by atoms with E-state index in [-0.39, 0.29) is 0 Å². The second-order valence-corrected chi connectivity index (χ2v) is 4.36. The molecule has 24 nitrogen and oxygen atoms in total. The first-order valence-electron chi connectivity index (χ1n) is 6.62. The van der Waals surface area contributed by atoms with Crippen molar-refractivity contribution in [2.45, 2.75) is 24.4 Å². The van der Waals surface area contributed by atoms with Crippen LogP contribution in [-0.2, 0) is 29.0 Å². The van der Waals surface area contributed by atoms with Crippen LogP contribution in [0.15, 0.2) is 0 Å². The smallest absolute Gasteiger partial charge is 0.294 e. The minimum absolute atomic E-state index is 1.55. The molecule has 0 rings (SSSR count). The first-order chi connectivity index (χ1) is 13.8. The molecule has 0 fully saturated rings. The first-order valence-corrected chi connectivity index (χ1v) is 6.62. The molecule has 170 valence electrons. The van der Waals surface area contributed by atoms with E-state index in [1.807, 2.05) is 0 Å². The molecule has 0 aromatic carbocycles. The van der Waals surface area contributed by atoms with E-state index in [9.17, 15) is 60.7 Å². The van der Waals surface area contributed by atoms with Gasteiger partial charge >= 0.3 is 0 Å². The molecule has 0 saturated carbocycles. The predicted molar refractivity (Wildman–Crippen MR) is 73.4 cm³/mol. The van der Waals surface area contributed by atoms with Gasteiger partial charge in [0, 0.05) is 0 Å². The SMILES string of the molecule is O=[N+]([O-])OC[C@H](O[N+](=O)[O-])[C@@H](O[N+](=O)[O-])[C@H](O[N+](=O)[O-])[C@@H](CO[N+](=O)[O-])O[N+](=O)[O-]. The molecular formula is C6H8N6O18. The molecule has 0 amide bonds. The molecule has 4 atom stereocenters. The summed E-state index contributed by atoms with van der Waals surface area (Å²) in [5, 5.41) is 53.1. The fourth-order valence-corrected chi connectivity index (χ4v) is 1.74. The van der Waals surface area contributed by atoms with Crippen LogP contribution in [0.1, 0.15) is 0 Å². The highest BCUT2D eigenvalue weighted by atomic mass is 17.0. The van der Waals surface area contributed by atoms with E-state index in [2.05, 4.69) is 29.0 Å². The average molecular weight is 452 g/mol. The van der Waals surface area contributed by atoms with Crippen LogP contribution in [0, 0.1) is 60.7 Å². The van der Waals surface area contributed by atoms with E-state index < -0.39 is 68.1 Å². The fourth-order valence-electron chi connectivity index (χ4n) is 1.74. The van der Waals surface area contributed by atoms with Gasteiger partial charge in [-0.1, -0.05) is 0 Å². The van der Waals surface area contributed by atoms with Gasteiger partial charge in [0.2, 0.25) is 0 Å². The van der Waals surface area contributed by atoms with Gasteiger partial charge in [0.05, 0.1) is 0 Å². The van der Waals surface area contributed by atoms with Gasteiger partial charge in [-0.15, -0.1) is 60.7 Å². The van der Waals surface area contributed by atoms with Crippen molar-refractivity contribution in [1.82, 2.24) is 0 Å². The Bertz CT molecular complexity index is 612. The summed E-state index contributed by atoms with van der Waals surface area (Å²) in [6, 6.07) is 0. The number of nitrogens with zero attached hydrogens (tertiary/aromatic N) is 6. The lowest BCUT2D eigenvalue weighted by molar-refractivity contribution is -0.834. The third-order valence-electron chi connectivity index (χ3n) is 2.60. The van der Waals surface area contributed by atoms with Gasteiger partial charge in [0.1, 0.15) is 13.2 Å². The van der Waals surface area contributed by atoms with Crippen LogP contribution < -0.4 is 0 Å². The zero-order valence-corrected chi connectivity index (χ0v) is 13.8. The molecule has 0 aromatic heterocycles. The molecule has 24 heteroatoms. The maximum Gasteiger partial charge on any atom is 0.294 e. The van der Waals surface area contributed by atoms with Crippen LogP contribution in [0.25, 0.3) is 0 Å². The summed E-state index contributed by atoms with van der Waals surface area (Å²) in [5.74, 6) is 0. The number of hydrogen-bond acceptors (Lipinski definition) is 18. The molecule has 0 heterocycles. The van der Waals surface area contributed by atoms with Gasteiger partial charge in [-0.2, -0.15) is 0 Å². The zero-order valence-electron chi connectivity index (χ0n) is 13.8. The van der Waals surface area contributed by atoms with Gasteiger partial charge < -0.3 is 29.0 Å². The van der Waals surface area contributed by atoms with E-state index in [1.165, 1.54) is 0 Å². The molecule has 0 saturated heterocycles. The van der Waals surface area contributed by atoms with E-state index in [4.69, 9.17) is 0 Å². The largest absolute Gasteiger partial charge is 0.311 e. The minimum atomic E-state index is -2.78. The Hall–Kier alpha value is -4.80.